The number of hydrogen-bond acceptors (Lipinski definition) is 4. The maximum Gasteiger partial charge on any atom is 0.227 e. The first kappa shape index (κ1) is 15.5. The average Bonchev–Trinajstić information content (AvgIpc) is 3.15. The molecule has 0 radical (unpaired) electrons. The average molecular weight is 307 g/mol. The maximum absolute atomic E-state index is 12.7. The molecule has 2 heterocycles. The number of rotatable bonds is 4. The number of amides is 1. The second kappa shape index (κ2) is 6.79. The minimum atomic E-state index is 0.144. The predicted molar refractivity (Wildman–Crippen MR) is 81.4 cm³/mol. The van der Waals surface area contributed by atoms with E-state index in [2.05, 4.69) is 5.10 Å². The van der Waals surface area contributed by atoms with Crippen LogP contribution in [0.4, 0.5) is 0 Å². The van der Waals surface area contributed by atoms with Crippen LogP contribution < -0.4 is 0 Å². The minimum Gasteiger partial charge on any atom is -0.381 e. The Bertz CT molecular complexity index is 516. The van der Waals surface area contributed by atoms with Gasteiger partial charge in [-0.3, -0.25) is 9.48 Å². The number of aromatic nitrogens is 2. The van der Waals surface area contributed by atoms with Crippen LogP contribution >= 0.6 is 0 Å². The second-order valence-electron chi connectivity index (χ2n) is 6.30. The molecule has 6 nitrogen and oxygen atoms in total. The highest BCUT2D eigenvalue weighted by Crippen LogP contribution is 2.34. The molecule has 1 saturated heterocycles. The number of methoxy groups -OCH3 is 1. The van der Waals surface area contributed by atoms with Crippen molar-refractivity contribution in [3.05, 3.63) is 18.0 Å². The lowest BCUT2D eigenvalue weighted by Crippen LogP contribution is -2.54. The zero-order valence-electron chi connectivity index (χ0n) is 13.4. The quantitative estimate of drug-likeness (QED) is 0.833. The van der Waals surface area contributed by atoms with Gasteiger partial charge in [0.2, 0.25) is 5.91 Å². The lowest BCUT2D eigenvalue weighted by molar-refractivity contribution is -0.143. The van der Waals surface area contributed by atoms with Gasteiger partial charge in [-0.1, -0.05) is 6.42 Å². The number of ether oxygens (including phenoxy) is 2. The normalized spacial score (nSPS) is 29.0. The van der Waals surface area contributed by atoms with Gasteiger partial charge in [0.25, 0.3) is 0 Å². The van der Waals surface area contributed by atoms with E-state index in [0.29, 0.717) is 32.1 Å². The van der Waals surface area contributed by atoms with Gasteiger partial charge in [-0.05, 0) is 18.4 Å². The topological polar surface area (TPSA) is 56.6 Å². The Morgan fingerprint density at radius 3 is 3.09 bits per heavy atom. The van der Waals surface area contributed by atoms with Gasteiger partial charge in [0.05, 0.1) is 38.0 Å². The summed E-state index contributed by atoms with van der Waals surface area (Å²) in [4.78, 5) is 14.7. The van der Waals surface area contributed by atoms with E-state index in [-0.39, 0.29) is 18.1 Å². The molecule has 3 atom stereocenters. The Balaban J connectivity index is 1.70. The molecule has 0 bridgehead atoms. The van der Waals surface area contributed by atoms with Crippen molar-refractivity contribution in [2.75, 3.05) is 26.9 Å². The lowest BCUT2D eigenvalue weighted by atomic mass is 9.93. The van der Waals surface area contributed by atoms with Gasteiger partial charge in [0, 0.05) is 32.8 Å². The Hall–Kier alpha value is -1.40. The monoisotopic (exact) mass is 307 g/mol. The highest BCUT2D eigenvalue weighted by molar-refractivity contribution is 5.79. The fourth-order valence-electron chi connectivity index (χ4n) is 3.81. The first-order valence-corrected chi connectivity index (χ1v) is 8.06. The van der Waals surface area contributed by atoms with E-state index in [4.69, 9.17) is 9.47 Å². The summed E-state index contributed by atoms with van der Waals surface area (Å²) in [6.07, 6.45) is 7.70. The standard InChI is InChI=1S/C16H25N3O3/c1-18-10-12(9-17-18)8-16(20)19-6-7-22-11-14(19)13-4-3-5-15(13)21-2/h9-10,13-15H,3-8,11H2,1-2H3/t13-,14-,15-/m1/s1. The molecule has 22 heavy (non-hydrogen) atoms. The van der Waals surface area contributed by atoms with E-state index in [0.717, 1.165) is 18.4 Å². The molecule has 1 aromatic rings. The summed E-state index contributed by atoms with van der Waals surface area (Å²) < 4.78 is 13.0. The van der Waals surface area contributed by atoms with Crippen molar-refractivity contribution in [2.45, 2.75) is 37.8 Å². The SMILES string of the molecule is CO[C@@H]1CCC[C@@H]1[C@H]1COCCN1C(=O)Cc1cnn(C)c1. The number of aryl methyl sites for hydroxylation is 1. The number of nitrogens with zero attached hydrogens (tertiary/aromatic N) is 3. The van der Waals surface area contributed by atoms with E-state index in [1.165, 1.54) is 6.42 Å². The molecule has 2 aliphatic rings. The summed E-state index contributed by atoms with van der Waals surface area (Å²) >= 11 is 0. The molecular formula is C16H25N3O3. The van der Waals surface area contributed by atoms with Gasteiger partial charge in [0.15, 0.2) is 0 Å². The van der Waals surface area contributed by atoms with Crippen molar-refractivity contribution in [3.8, 4) is 0 Å². The van der Waals surface area contributed by atoms with Crippen LogP contribution in [0.3, 0.4) is 0 Å². The molecule has 1 aliphatic heterocycles. The third kappa shape index (κ3) is 3.17. The van der Waals surface area contributed by atoms with Crippen LogP contribution in [0.5, 0.6) is 0 Å². The van der Waals surface area contributed by atoms with E-state index in [1.54, 1.807) is 18.0 Å². The zero-order valence-corrected chi connectivity index (χ0v) is 13.4. The van der Waals surface area contributed by atoms with Gasteiger partial charge in [-0.25, -0.2) is 0 Å². The Labute approximate surface area is 131 Å². The molecule has 2 fully saturated rings. The molecular weight excluding hydrogens is 282 g/mol. The van der Waals surface area contributed by atoms with Crippen LogP contribution in [0.1, 0.15) is 24.8 Å². The largest absolute Gasteiger partial charge is 0.381 e. The first-order chi connectivity index (χ1) is 10.7. The van der Waals surface area contributed by atoms with Crippen molar-refractivity contribution in [3.63, 3.8) is 0 Å². The van der Waals surface area contributed by atoms with Gasteiger partial charge in [-0.15, -0.1) is 0 Å². The molecule has 1 amide bonds. The number of carbonyl (C=O) groups is 1. The third-order valence-electron chi connectivity index (χ3n) is 4.90. The van der Waals surface area contributed by atoms with E-state index >= 15 is 0 Å². The van der Waals surface area contributed by atoms with Crippen LogP contribution in [0, 0.1) is 5.92 Å². The molecule has 0 spiro atoms. The van der Waals surface area contributed by atoms with Crippen LogP contribution in [-0.2, 0) is 27.7 Å². The summed E-state index contributed by atoms with van der Waals surface area (Å²) in [6, 6.07) is 0.144. The van der Waals surface area contributed by atoms with Gasteiger partial charge < -0.3 is 14.4 Å². The smallest absolute Gasteiger partial charge is 0.227 e. The molecule has 0 N–H and O–H groups in total. The Kier molecular flexibility index (Phi) is 4.78. The third-order valence-corrected chi connectivity index (χ3v) is 4.90. The second-order valence-corrected chi connectivity index (χ2v) is 6.30. The highest BCUT2D eigenvalue weighted by Gasteiger charge is 2.40. The van der Waals surface area contributed by atoms with Crippen molar-refractivity contribution in [2.24, 2.45) is 13.0 Å². The summed E-state index contributed by atoms with van der Waals surface area (Å²) in [5, 5.41) is 4.14. The summed E-state index contributed by atoms with van der Waals surface area (Å²) in [6.45, 7) is 1.93. The van der Waals surface area contributed by atoms with Crippen LogP contribution in [0.15, 0.2) is 12.4 Å². The lowest BCUT2D eigenvalue weighted by Gasteiger charge is -2.40. The molecule has 0 aromatic carbocycles. The molecule has 1 aliphatic carbocycles. The summed E-state index contributed by atoms with van der Waals surface area (Å²) in [5.41, 5.74) is 0.965. The zero-order chi connectivity index (χ0) is 15.5. The summed E-state index contributed by atoms with van der Waals surface area (Å²) in [7, 11) is 3.64. The molecule has 6 heteroatoms. The van der Waals surface area contributed by atoms with Crippen molar-refractivity contribution in [1.29, 1.82) is 0 Å². The minimum absolute atomic E-state index is 0.144. The van der Waals surface area contributed by atoms with Gasteiger partial charge >= 0.3 is 0 Å². The fourth-order valence-corrected chi connectivity index (χ4v) is 3.81. The maximum atomic E-state index is 12.7. The van der Waals surface area contributed by atoms with Crippen molar-refractivity contribution in [1.82, 2.24) is 14.7 Å². The fraction of sp³-hybridized carbons (Fsp3) is 0.750. The molecule has 0 unspecified atom stereocenters. The number of morpholine rings is 1. The Morgan fingerprint density at radius 2 is 2.36 bits per heavy atom. The first-order valence-electron chi connectivity index (χ1n) is 8.06. The molecule has 1 aromatic heterocycles. The van der Waals surface area contributed by atoms with Crippen molar-refractivity contribution < 1.29 is 14.3 Å². The van der Waals surface area contributed by atoms with Gasteiger partial charge in [-0.2, -0.15) is 5.10 Å². The van der Waals surface area contributed by atoms with Crippen LogP contribution in [0.2, 0.25) is 0 Å². The van der Waals surface area contributed by atoms with Crippen molar-refractivity contribution >= 4 is 5.91 Å². The summed E-state index contributed by atoms with van der Waals surface area (Å²) in [5.74, 6) is 0.561. The van der Waals surface area contributed by atoms with Gasteiger partial charge in [0.1, 0.15) is 0 Å². The molecule has 3 rings (SSSR count). The predicted octanol–water partition coefficient (Wildman–Crippen LogP) is 1.01. The molecule has 122 valence electrons. The van der Waals surface area contributed by atoms with Crippen LogP contribution in [0.25, 0.3) is 0 Å². The van der Waals surface area contributed by atoms with E-state index in [9.17, 15) is 4.79 Å². The molecule has 1 saturated carbocycles. The van der Waals surface area contributed by atoms with E-state index in [1.807, 2.05) is 18.1 Å². The number of carbonyl (C=O) groups excluding carboxylic acids is 1. The Morgan fingerprint density at radius 1 is 1.50 bits per heavy atom. The van der Waals surface area contributed by atoms with E-state index < -0.39 is 0 Å². The highest BCUT2D eigenvalue weighted by atomic mass is 16.5. The number of hydrogen-bond donors (Lipinski definition) is 0. The van der Waals surface area contributed by atoms with Crippen LogP contribution in [-0.4, -0.2) is 59.6 Å².